The molecule has 3 rings (SSSR count). The molecule has 0 saturated carbocycles. The second-order valence-electron chi connectivity index (χ2n) is 6.78. The van der Waals surface area contributed by atoms with Crippen molar-refractivity contribution in [3.05, 3.63) is 65.7 Å². The maximum Gasteiger partial charge on any atom is 0.251 e. The van der Waals surface area contributed by atoms with Crippen LogP contribution < -0.4 is 16.4 Å². The van der Waals surface area contributed by atoms with Crippen LogP contribution in [0, 0.1) is 5.82 Å². The van der Waals surface area contributed by atoms with E-state index in [2.05, 4.69) is 20.6 Å². The summed E-state index contributed by atoms with van der Waals surface area (Å²) in [5.74, 6) is -1.31. The Balaban J connectivity index is 1.58. The predicted molar refractivity (Wildman–Crippen MR) is 109 cm³/mol. The Morgan fingerprint density at radius 3 is 2.53 bits per heavy atom. The molecule has 156 valence electrons. The van der Waals surface area contributed by atoms with Gasteiger partial charge in [-0.25, -0.2) is 9.37 Å². The van der Waals surface area contributed by atoms with E-state index < -0.39 is 29.6 Å². The number of amides is 3. The molecule has 0 aliphatic carbocycles. The van der Waals surface area contributed by atoms with E-state index in [1.54, 1.807) is 0 Å². The first-order chi connectivity index (χ1) is 14.4. The SMILES string of the molecule is NC(=O)CC[C@H](NC(=O)c1ccc(F)cc1)C(=O)NCCc1nc2ccccc2[nH]1. The molecule has 9 heteroatoms. The molecule has 5 N–H and O–H groups in total. The van der Waals surface area contributed by atoms with Gasteiger partial charge in [0.1, 0.15) is 17.7 Å². The van der Waals surface area contributed by atoms with Crippen LogP contribution in [0.5, 0.6) is 0 Å². The number of hydrogen-bond acceptors (Lipinski definition) is 4. The van der Waals surface area contributed by atoms with E-state index in [0.717, 1.165) is 29.0 Å². The number of primary amides is 1. The minimum absolute atomic E-state index is 0.0543. The van der Waals surface area contributed by atoms with Gasteiger partial charge in [-0.2, -0.15) is 0 Å². The zero-order chi connectivity index (χ0) is 21.5. The molecule has 3 amide bonds. The molecule has 0 fully saturated rings. The number of para-hydroxylation sites is 2. The molecule has 1 atom stereocenters. The third kappa shape index (κ3) is 5.63. The molecule has 1 aromatic heterocycles. The lowest BCUT2D eigenvalue weighted by Crippen LogP contribution is -2.47. The fraction of sp³-hybridized carbons (Fsp3) is 0.238. The van der Waals surface area contributed by atoms with E-state index in [1.165, 1.54) is 12.1 Å². The molecule has 0 radical (unpaired) electrons. The van der Waals surface area contributed by atoms with Crippen molar-refractivity contribution in [2.45, 2.75) is 25.3 Å². The monoisotopic (exact) mass is 411 g/mol. The quantitative estimate of drug-likeness (QED) is 0.424. The first-order valence-corrected chi connectivity index (χ1v) is 9.48. The Morgan fingerprint density at radius 2 is 1.83 bits per heavy atom. The Hall–Kier alpha value is -3.75. The molecular formula is C21H22FN5O3. The summed E-state index contributed by atoms with van der Waals surface area (Å²) in [7, 11) is 0. The first-order valence-electron chi connectivity index (χ1n) is 9.48. The average molecular weight is 411 g/mol. The molecule has 30 heavy (non-hydrogen) atoms. The molecule has 0 aliphatic heterocycles. The normalized spacial score (nSPS) is 11.8. The van der Waals surface area contributed by atoms with E-state index in [1.807, 2.05) is 24.3 Å². The summed E-state index contributed by atoms with van der Waals surface area (Å²) < 4.78 is 13.0. The second kappa shape index (κ2) is 9.64. The molecule has 0 unspecified atom stereocenters. The summed E-state index contributed by atoms with van der Waals surface area (Å²) in [4.78, 5) is 43.7. The number of hydrogen-bond donors (Lipinski definition) is 4. The maximum atomic E-state index is 13.0. The van der Waals surface area contributed by atoms with E-state index in [9.17, 15) is 18.8 Å². The third-order valence-corrected chi connectivity index (χ3v) is 4.51. The fourth-order valence-corrected chi connectivity index (χ4v) is 2.95. The van der Waals surface area contributed by atoms with Gasteiger partial charge in [-0.05, 0) is 42.8 Å². The lowest BCUT2D eigenvalue weighted by Gasteiger charge is -2.18. The van der Waals surface area contributed by atoms with E-state index >= 15 is 0 Å². The largest absolute Gasteiger partial charge is 0.370 e. The number of carbonyl (C=O) groups is 3. The zero-order valence-corrected chi connectivity index (χ0v) is 16.2. The highest BCUT2D eigenvalue weighted by molar-refractivity contribution is 5.97. The van der Waals surface area contributed by atoms with Crippen LogP contribution in [0.4, 0.5) is 4.39 Å². The van der Waals surface area contributed by atoms with Crippen LogP contribution in [0.25, 0.3) is 11.0 Å². The van der Waals surface area contributed by atoms with Crippen LogP contribution in [0.15, 0.2) is 48.5 Å². The summed E-state index contributed by atoms with van der Waals surface area (Å²) >= 11 is 0. The van der Waals surface area contributed by atoms with Gasteiger partial charge in [0.25, 0.3) is 5.91 Å². The molecule has 0 spiro atoms. The van der Waals surface area contributed by atoms with Crippen molar-refractivity contribution in [1.82, 2.24) is 20.6 Å². The number of imidazole rings is 1. The van der Waals surface area contributed by atoms with Gasteiger partial charge in [-0.15, -0.1) is 0 Å². The highest BCUT2D eigenvalue weighted by Crippen LogP contribution is 2.10. The molecule has 2 aromatic carbocycles. The van der Waals surface area contributed by atoms with Crippen molar-refractivity contribution in [3.63, 3.8) is 0 Å². The van der Waals surface area contributed by atoms with Gasteiger partial charge < -0.3 is 21.4 Å². The number of halogens is 1. The predicted octanol–water partition coefficient (Wildman–Crippen LogP) is 1.42. The van der Waals surface area contributed by atoms with E-state index in [4.69, 9.17) is 5.73 Å². The highest BCUT2D eigenvalue weighted by Gasteiger charge is 2.22. The van der Waals surface area contributed by atoms with Crippen molar-refractivity contribution in [3.8, 4) is 0 Å². The molecular weight excluding hydrogens is 389 g/mol. The Labute approximate surface area is 172 Å². The number of benzene rings is 2. The van der Waals surface area contributed by atoms with Crippen LogP contribution in [0.2, 0.25) is 0 Å². The zero-order valence-electron chi connectivity index (χ0n) is 16.2. The summed E-state index contributed by atoms with van der Waals surface area (Å²) in [5, 5.41) is 5.31. The molecule has 3 aromatic rings. The van der Waals surface area contributed by atoms with Crippen molar-refractivity contribution >= 4 is 28.8 Å². The van der Waals surface area contributed by atoms with Gasteiger partial charge in [0.2, 0.25) is 11.8 Å². The number of carbonyl (C=O) groups excluding carboxylic acids is 3. The van der Waals surface area contributed by atoms with Crippen molar-refractivity contribution < 1.29 is 18.8 Å². The van der Waals surface area contributed by atoms with Gasteiger partial charge in [0, 0.05) is 24.9 Å². The number of rotatable bonds is 9. The summed E-state index contributed by atoms with van der Waals surface area (Å²) in [6.45, 7) is 0.290. The summed E-state index contributed by atoms with van der Waals surface area (Å²) in [6, 6.07) is 11.6. The maximum absolute atomic E-state index is 13.0. The number of aromatic amines is 1. The van der Waals surface area contributed by atoms with Crippen molar-refractivity contribution in [1.29, 1.82) is 0 Å². The second-order valence-corrected chi connectivity index (χ2v) is 6.78. The van der Waals surface area contributed by atoms with E-state index in [-0.39, 0.29) is 24.9 Å². The van der Waals surface area contributed by atoms with Gasteiger partial charge in [-0.3, -0.25) is 14.4 Å². The van der Waals surface area contributed by atoms with Gasteiger partial charge in [-0.1, -0.05) is 12.1 Å². The number of aromatic nitrogens is 2. The number of nitrogens with two attached hydrogens (primary N) is 1. The van der Waals surface area contributed by atoms with Crippen LogP contribution in [-0.2, 0) is 16.0 Å². The topological polar surface area (TPSA) is 130 Å². The van der Waals surface area contributed by atoms with Crippen LogP contribution in [-0.4, -0.2) is 40.3 Å². The molecule has 0 bridgehead atoms. The van der Waals surface area contributed by atoms with Gasteiger partial charge >= 0.3 is 0 Å². The van der Waals surface area contributed by atoms with Crippen molar-refractivity contribution in [2.75, 3.05) is 6.54 Å². The minimum Gasteiger partial charge on any atom is -0.370 e. The van der Waals surface area contributed by atoms with Crippen LogP contribution in [0.1, 0.15) is 29.0 Å². The Kier molecular flexibility index (Phi) is 6.74. The Bertz CT molecular complexity index is 1020. The number of fused-ring (bicyclic) bond motifs is 1. The number of nitrogens with one attached hydrogen (secondary N) is 3. The third-order valence-electron chi connectivity index (χ3n) is 4.51. The fourth-order valence-electron chi connectivity index (χ4n) is 2.95. The van der Waals surface area contributed by atoms with Crippen LogP contribution in [0.3, 0.4) is 0 Å². The molecule has 8 nitrogen and oxygen atoms in total. The minimum atomic E-state index is -0.953. The first kappa shape index (κ1) is 21.0. The van der Waals surface area contributed by atoms with E-state index in [0.29, 0.717) is 6.42 Å². The van der Waals surface area contributed by atoms with Gasteiger partial charge in [0.15, 0.2) is 0 Å². The smallest absolute Gasteiger partial charge is 0.251 e. The lowest BCUT2D eigenvalue weighted by molar-refractivity contribution is -0.123. The summed E-state index contributed by atoms with van der Waals surface area (Å²) in [5.41, 5.74) is 7.12. The molecule has 0 aliphatic rings. The van der Waals surface area contributed by atoms with Crippen molar-refractivity contribution in [2.24, 2.45) is 5.73 Å². The van der Waals surface area contributed by atoms with Gasteiger partial charge in [0.05, 0.1) is 11.0 Å². The lowest BCUT2D eigenvalue weighted by atomic mass is 10.1. The molecule has 1 heterocycles. The standard InChI is InChI=1S/C21H22FN5O3/c22-14-7-5-13(6-8-14)20(29)27-17(9-10-18(23)28)21(30)24-12-11-19-25-15-3-1-2-4-16(15)26-19/h1-8,17H,9-12H2,(H2,23,28)(H,24,30)(H,25,26)(H,27,29)/t17-/m0/s1. The van der Waals surface area contributed by atoms with Crippen LogP contribution >= 0.6 is 0 Å². The average Bonchev–Trinajstić information content (AvgIpc) is 3.14. The highest BCUT2D eigenvalue weighted by atomic mass is 19.1. The Morgan fingerprint density at radius 1 is 1.10 bits per heavy atom. The number of nitrogens with zero attached hydrogens (tertiary/aromatic N) is 1. The summed E-state index contributed by atoms with van der Waals surface area (Å²) in [6.07, 6.45) is 0.457. The molecule has 0 saturated heterocycles. The number of H-pyrrole nitrogens is 1.